The summed E-state index contributed by atoms with van der Waals surface area (Å²) >= 11 is 1.56. The van der Waals surface area contributed by atoms with Gasteiger partial charge in [-0.15, -0.1) is 26.6 Å². The highest BCUT2D eigenvalue weighted by Crippen LogP contribution is 2.22. The first-order chi connectivity index (χ1) is 8.85. The van der Waals surface area contributed by atoms with Crippen molar-refractivity contribution in [3.63, 3.8) is 0 Å². The summed E-state index contributed by atoms with van der Waals surface area (Å²) in [7, 11) is 0. The second kappa shape index (κ2) is 4.67. The highest BCUT2D eigenvalue weighted by Gasteiger charge is 2.10. The van der Waals surface area contributed by atoms with E-state index < -0.39 is 0 Å². The average Bonchev–Trinajstić information content (AvgIpc) is 3.10. The number of hydrogen-bond acceptors (Lipinski definition) is 7. The molecule has 0 fully saturated rings. The predicted molar refractivity (Wildman–Crippen MR) is 64.6 cm³/mol. The molecule has 3 rings (SSSR count). The van der Waals surface area contributed by atoms with Crippen molar-refractivity contribution in [3.8, 4) is 10.8 Å². The zero-order valence-corrected chi connectivity index (χ0v) is 10.2. The molecule has 0 saturated carbocycles. The van der Waals surface area contributed by atoms with Crippen LogP contribution in [0.4, 0.5) is 0 Å². The van der Waals surface area contributed by atoms with Crippen LogP contribution < -0.4 is 5.73 Å². The molecule has 92 valence electrons. The van der Waals surface area contributed by atoms with E-state index in [0.717, 1.165) is 10.6 Å². The second-order valence-electron chi connectivity index (χ2n) is 3.59. The molecule has 0 saturated heterocycles. The van der Waals surface area contributed by atoms with Gasteiger partial charge in [-0.1, -0.05) is 11.3 Å². The summed E-state index contributed by atoms with van der Waals surface area (Å²) in [6, 6.07) is 3.87. The fourth-order valence-corrected chi connectivity index (χ4v) is 2.11. The number of nitrogens with zero attached hydrogens (tertiary/aromatic N) is 5. The molecule has 0 atom stereocenters. The fourth-order valence-electron chi connectivity index (χ4n) is 1.47. The SMILES string of the molecule is NCc1cn(Cc2nnc(-c3cccs3)o2)nn1. The van der Waals surface area contributed by atoms with E-state index in [-0.39, 0.29) is 0 Å². The highest BCUT2D eigenvalue weighted by molar-refractivity contribution is 7.13. The molecule has 0 unspecified atom stereocenters. The Labute approximate surface area is 106 Å². The van der Waals surface area contributed by atoms with Gasteiger partial charge in [-0.05, 0) is 11.4 Å². The van der Waals surface area contributed by atoms with Crippen LogP contribution in [0.3, 0.4) is 0 Å². The molecule has 0 bridgehead atoms. The maximum Gasteiger partial charge on any atom is 0.257 e. The molecule has 0 aliphatic heterocycles. The van der Waals surface area contributed by atoms with E-state index in [2.05, 4.69) is 20.5 Å². The molecular weight excluding hydrogens is 252 g/mol. The van der Waals surface area contributed by atoms with Crippen molar-refractivity contribution in [2.45, 2.75) is 13.1 Å². The number of thiophene rings is 1. The summed E-state index contributed by atoms with van der Waals surface area (Å²) in [5, 5.41) is 17.7. The topological polar surface area (TPSA) is 95.7 Å². The van der Waals surface area contributed by atoms with Gasteiger partial charge in [0.05, 0.1) is 16.8 Å². The highest BCUT2D eigenvalue weighted by atomic mass is 32.1. The fraction of sp³-hybridized carbons (Fsp3) is 0.200. The number of nitrogens with two attached hydrogens (primary N) is 1. The van der Waals surface area contributed by atoms with Crippen molar-refractivity contribution in [3.05, 3.63) is 35.3 Å². The summed E-state index contributed by atoms with van der Waals surface area (Å²) in [4.78, 5) is 0.954. The van der Waals surface area contributed by atoms with E-state index >= 15 is 0 Å². The van der Waals surface area contributed by atoms with Crippen molar-refractivity contribution in [2.75, 3.05) is 0 Å². The molecule has 3 heterocycles. The van der Waals surface area contributed by atoms with Crippen molar-refractivity contribution >= 4 is 11.3 Å². The molecule has 0 aromatic carbocycles. The van der Waals surface area contributed by atoms with Crippen LogP contribution in [0.1, 0.15) is 11.6 Å². The van der Waals surface area contributed by atoms with Crippen LogP contribution in [0.5, 0.6) is 0 Å². The van der Waals surface area contributed by atoms with Crippen LogP contribution in [0.25, 0.3) is 10.8 Å². The minimum Gasteiger partial charge on any atom is -0.418 e. The van der Waals surface area contributed by atoms with Gasteiger partial charge in [0.1, 0.15) is 6.54 Å². The first kappa shape index (κ1) is 11.1. The van der Waals surface area contributed by atoms with Gasteiger partial charge in [-0.3, -0.25) is 0 Å². The molecule has 18 heavy (non-hydrogen) atoms. The van der Waals surface area contributed by atoms with E-state index in [0.29, 0.717) is 24.9 Å². The summed E-state index contributed by atoms with van der Waals surface area (Å²) in [5.41, 5.74) is 6.19. The Bertz CT molecular complexity index is 628. The molecule has 0 aliphatic rings. The third kappa shape index (κ3) is 2.15. The monoisotopic (exact) mass is 262 g/mol. The zero-order valence-electron chi connectivity index (χ0n) is 9.35. The van der Waals surface area contributed by atoms with Crippen LogP contribution in [-0.2, 0) is 13.1 Å². The molecule has 8 heteroatoms. The molecule has 0 radical (unpaired) electrons. The lowest BCUT2D eigenvalue weighted by molar-refractivity contribution is 0.470. The zero-order chi connectivity index (χ0) is 12.4. The normalized spacial score (nSPS) is 10.9. The Kier molecular flexibility index (Phi) is 2.87. The standard InChI is InChI=1S/C10H10N6OS/c11-4-7-5-16(15-12-7)6-9-13-14-10(17-9)8-2-1-3-18-8/h1-3,5H,4,6,11H2. The Morgan fingerprint density at radius 1 is 1.33 bits per heavy atom. The summed E-state index contributed by atoms with van der Waals surface area (Å²) in [6.07, 6.45) is 1.76. The van der Waals surface area contributed by atoms with E-state index in [9.17, 15) is 0 Å². The van der Waals surface area contributed by atoms with Gasteiger partial charge in [-0.2, -0.15) is 0 Å². The largest absolute Gasteiger partial charge is 0.418 e. The van der Waals surface area contributed by atoms with Gasteiger partial charge in [0.2, 0.25) is 5.89 Å². The van der Waals surface area contributed by atoms with E-state index in [1.54, 1.807) is 22.2 Å². The lowest BCUT2D eigenvalue weighted by Crippen LogP contribution is -2.00. The van der Waals surface area contributed by atoms with Crippen LogP contribution >= 0.6 is 11.3 Å². The van der Waals surface area contributed by atoms with Crippen molar-refractivity contribution < 1.29 is 4.42 Å². The van der Waals surface area contributed by atoms with Crippen molar-refractivity contribution in [1.82, 2.24) is 25.2 Å². The number of hydrogen-bond donors (Lipinski definition) is 1. The van der Waals surface area contributed by atoms with Gasteiger partial charge in [0, 0.05) is 6.54 Å². The van der Waals surface area contributed by atoms with Gasteiger partial charge in [-0.25, -0.2) is 4.68 Å². The second-order valence-corrected chi connectivity index (χ2v) is 4.54. The Morgan fingerprint density at radius 3 is 3.00 bits per heavy atom. The minimum atomic E-state index is 0.365. The first-order valence-electron chi connectivity index (χ1n) is 5.30. The average molecular weight is 262 g/mol. The lowest BCUT2D eigenvalue weighted by Gasteiger charge is -1.92. The maximum atomic E-state index is 5.54. The number of rotatable bonds is 4. The van der Waals surface area contributed by atoms with Crippen LogP contribution in [0.15, 0.2) is 28.1 Å². The third-order valence-corrected chi connectivity index (χ3v) is 3.15. The maximum absolute atomic E-state index is 5.54. The molecule has 2 N–H and O–H groups in total. The van der Waals surface area contributed by atoms with Crippen LogP contribution in [0, 0.1) is 0 Å². The Balaban J connectivity index is 1.77. The van der Waals surface area contributed by atoms with Crippen molar-refractivity contribution in [2.24, 2.45) is 5.73 Å². The summed E-state index contributed by atoms with van der Waals surface area (Å²) in [6.45, 7) is 0.760. The van der Waals surface area contributed by atoms with Crippen LogP contribution in [0.2, 0.25) is 0 Å². The van der Waals surface area contributed by atoms with Gasteiger partial charge in [0.25, 0.3) is 5.89 Å². The molecule has 0 amide bonds. The Hall–Kier alpha value is -2.06. The van der Waals surface area contributed by atoms with Gasteiger partial charge >= 0.3 is 0 Å². The predicted octanol–water partition coefficient (Wildman–Crippen LogP) is 0.897. The molecular formula is C10H10N6OS. The first-order valence-corrected chi connectivity index (χ1v) is 6.18. The van der Waals surface area contributed by atoms with Gasteiger partial charge in [0.15, 0.2) is 0 Å². The lowest BCUT2D eigenvalue weighted by atomic mass is 10.5. The third-order valence-electron chi connectivity index (χ3n) is 2.29. The molecule has 0 spiro atoms. The summed E-state index contributed by atoms with van der Waals surface area (Å²) in [5.74, 6) is 1.02. The van der Waals surface area contributed by atoms with Crippen molar-refractivity contribution in [1.29, 1.82) is 0 Å². The minimum absolute atomic E-state index is 0.365. The quantitative estimate of drug-likeness (QED) is 0.750. The molecule has 0 aliphatic carbocycles. The number of aromatic nitrogens is 5. The smallest absolute Gasteiger partial charge is 0.257 e. The molecule has 3 aromatic rings. The van der Waals surface area contributed by atoms with E-state index in [1.807, 2.05) is 17.5 Å². The van der Waals surface area contributed by atoms with E-state index in [4.69, 9.17) is 10.2 Å². The van der Waals surface area contributed by atoms with E-state index in [1.165, 1.54) is 0 Å². The molecule has 3 aromatic heterocycles. The van der Waals surface area contributed by atoms with Crippen LogP contribution in [-0.4, -0.2) is 25.2 Å². The Morgan fingerprint density at radius 2 is 2.28 bits per heavy atom. The van der Waals surface area contributed by atoms with Gasteiger partial charge < -0.3 is 10.2 Å². The summed E-state index contributed by atoms with van der Waals surface area (Å²) < 4.78 is 7.16. The molecule has 7 nitrogen and oxygen atoms in total.